The molecule has 0 aliphatic carbocycles. The molecule has 0 aliphatic rings. The van der Waals surface area contributed by atoms with Crippen LogP contribution in [0.3, 0.4) is 0 Å². The standard InChI is InChI=1S/C11H12Cl2N2O2/c1-7(16)2-3-14-11(17)15-10-5-8(12)4-9(13)6-10/h4-6H,2-3H2,1H3,(H2,14,15,17). The van der Waals surface area contributed by atoms with E-state index in [1.807, 2.05) is 0 Å². The highest BCUT2D eigenvalue weighted by molar-refractivity contribution is 6.35. The van der Waals surface area contributed by atoms with Gasteiger partial charge in [-0.3, -0.25) is 4.79 Å². The summed E-state index contributed by atoms with van der Waals surface area (Å²) in [6, 6.07) is 4.34. The molecule has 1 rings (SSSR count). The highest BCUT2D eigenvalue weighted by Gasteiger charge is 2.03. The Bertz CT molecular complexity index is 415. The Hall–Kier alpha value is -1.26. The van der Waals surface area contributed by atoms with Gasteiger partial charge in [-0.25, -0.2) is 4.79 Å². The maximum absolute atomic E-state index is 11.4. The van der Waals surface area contributed by atoms with E-state index in [1.165, 1.54) is 6.92 Å². The molecule has 4 nitrogen and oxygen atoms in total. The molecule has 0 radical (unpaired) electrons. The van der Waals surface area contributed by atoms with E-state index >= 15 is 0 Å². The van der Waals surface area contributed by atoms with Gasteiger partial charge in [-0.05, 0) is 25.1 Å². The highest BCUT2D eigenvalue weighted by atomic mass is 35.5. The molecule has 2 N–H and O–H groups in total. The Morgan fingerprint density at radius 2 is 1.76 bits per heavy atom. The number of carbonyl (C=O) groups excluding carboxylic acids is 2. The van der Waals surface area contributed by atoms with E-state index < -0.39 is 6.03 Å². The Kier molecular flexibility index (Phi) is 5.25. The van der Waals surface area contributed by atoms with E-state index in [4.69, 9.17) is 23.2 Å². The van der Waals surface area contributed by atoms with Gasteiger partial charge in [0.2, 0.25) is 0 Å². The molecule has 17 heavy (non-hydrogen) atoms. The Labute approximate surface area is 109 Å². The lowest BCUT2D eigenvalue weighted by molar-refractivity contribution is -0.116. The first-order valence-electron chi connectivity index (χ1n) is 4.98. The minimum Gasteiger partial charge on any atom is -0.337 e. The summed E-state index contributed by atoms with van der Waals surface area (Å²) < 4.78 is 0. The number of Topliss-reactive ketones (excluding diaryl/α,β-unsaturated/α-hetero) is 1. The number of anilines is 1. The molecule has 6 heteroatoms. The summed E-state index contributed by atoms with van der Waals surface area (Å²) >= 11 is 11.6. The number of hydrogen-bond acceptors (Lipinski definition) is 2. The number of halogens is 2. The summed E-state index contributed by atoms with van der Waals surface area (Å²) in [5.41, 5.74) is 0.503. The van der Waals surface area contributed by atoms with Crippen molar-refractivity contribution < 1.29 is 9.59 Å². The van der Waals surface area contributed by atoms with E-state index in [9.17, 15) is 9.59 Å². The molecule has 0 spiro atoms. The van der Waals surface area contributed by atoms with Crippen molar-refractivity contribution in [3.63, 3.8) is 0 Å². The van der Waals surface area contributed by atoms with Crippen molar-refractivity contribution in [3.8, 4) is 0 Å². The number of amides is 2. The monoisotopic (exact) mass is 274 g/mol. The Morgan fingerprint density at radius 3 is 2.29 bits per heavy atom. The van der Waals surface area contributed by atoms with Crippen LogP contribution in [0.4, 0.5) is 10.5 Å². The Balaban J connectivity index is 2.47. The molecule has 1 aromatic carbocycles. The van der Waals surface area contributed by atoms with E-state index in [1.54, 1.807) is 18.2 Å². The molecule has 0 bridgehead atoms. The first-order valence-corrected chi connectivity index (χ1v) is 5.73. The second-order valence-electron chi connectivity index (χ2n) is 3.49. The number of carbonyl (C=O) groups is 2. The van der Waals surface area contributed by atoms with Gasteiger partial charge < -0.3 is 10.6 Å². The third-order valence-electron chi connectivity index (χ3n) is 1.88. The fraction of sp³-hybridized carbons (Fsp3) is 0.273. The van der Waals surface area contributed by atoms with Crippen LogP contribution in [-0.2, 0) is 4.79 Å². The van der Waals surface area contributed by atoms with Crippen molar-refractivity contribution in [3.05, 3.63) is 28.2 Å². The predicted octanol–water partition coefficient (Wildman–Crippen LogP) is 3.09. The fourth-order valence-corrected chi connectivity index (χ4v) is 1.68. The molecule has 0 heterocycles. The van der Waals surface area contributed by atoms with Crippen LogP contribution >= 0.6 is 23.2 Å². The summed E-state index contributed by atoms with van der Waals surface area (Å²) in [6.07, 6.45) is 0.309. The van der Waals surface area contributed by atoms with Crippen molar-refractivity contribution in [1.29, 1.82) is 0 Å². The van der Waals surface area contributed by atoms with Gasteiger partial charge >= 0.3 is 6.03 Å². The first kappa shape index (κ1) is 13.8. The SMILES string of the molecule is CC(=O)CCNC(=O)Nc1cc(Cl)cc(Cl)c1. The zero-order chi connectivity index (χ0) is 12.8. The lowest BCUT2D eigenvalue weighted by atomic mass is 10.3. The van der Waals surface area contributed by atoms with Crippen LogP contribution in [0.1, 0.15) is 13.3 Å². The molecule has 1 aromatic rings. The molecule has 0 aromatic heterocycles. The van der Waals surface area contributed by atoms with Crippen LogP contribution in [0.25, 0.3) is 0 Å². The largest absolute Gasteiger partial charge is 0.337 e. The average molecular weight is 275 g/mol. The van der Waals surface area contributed by atoms with Gasteiger partial charge in [-0.2, -0.15) is 0 Å². The second kappa shape index (κ2) is 6.47. The van der Waals surface area contributed by atoms with Gasteiger partial charge in [-0.1, -0.05) is 23.2 Å². The molecule has 0 fully saturated rings. The van der Waals surface area contributed by atoms with Crippen molar-refractivity contribution >= 4 is 40.7 Å². The zero-order valence-corrected chi connectivity index (χ0v) is 10.7. The van der Waals surface area contributed by atoms with E-state index in [0.29, 0.717) is 28.7 Å². The quantitative estimate of drug-likeness (QED) is 0.887. The number of benzene rings is 1. The number of urea groups is 1. The minimum absolute atomic E-state index is 0.0242. The first-order chi connectivity index (χ1) is 7.97. The van der Waals surface area contributed by atoms with Crippen molar-refractivity contribution in [2.75, 3.05) is 11.9 Å². The van der Waals surface area contributed by atoms with Crippen LogP contribution < -0.4 is 10.6 Å². The van der Waals surface area contributed by atoms with Crippen LogP contribution in [0.2, 0.25) is 10.0 Å². The molecule has 0 atom stereocenters. The van der Waals surface area contributed by atoms with Crippen molar-refractivity contribution in [2.24, 2.45) is 0 Å². The van der Waals surface area contributed by atoms with E-state index in [-0.39, 0.29) is 5.78 Å². The molecule has 0 unspecified atom stereocenters. The van der Waals surface area contributed by atoms with Gasteiger partial charge in [0.25, 0.3) is 0 Å². The second-order valence-corrected chi connectivity index (χ2v) is 4.36. The normalized spacial score (nSPS) is 9.82. The van der Waals surface area contributed by atoms with Gasteiger partial charge in [0.1, 0.15) is 5.78 Å². The summed E-state index contributed by atoms with van der Waals surface area (Å²) in [6.45, 7) is 1.77. The van der Waals surface area contributed by atoms with E-state index in [0.717, 1.165) is 0 Å². The van der Waals surface area contributed by atoms with E-state index in [2.05, 4.69) is 10.6 Å². The molecule has 0 saturated carbocycles. The molecule has 0 aliphatic heterocycles. The fourth-order valence-electron chi connectivity index (χ4n) is 1.15. The van der Waals surface area contributed by atoms with Gasteiger partial charge in [0.15, 0.2) is 0 Å². The van der Waals surface area contributed by atoms with Crippen LogP contribution in [0, 0.1) is 0 Å². The van der Waals surface area contributed by atoms with Gasteiger partial charge in [0, 0.05) is 28.7 Å². The third kappa shape index (κ3) is 5.56. The Morgan fingerprint density at radius 1 is 1.18 bits per heavy atom. The topological polar surface area (TPSA) is 58.2 Å². The van der Waals surface area contributed by atoms with Crippen LogP contribution in [0.5, 0.6) is 0 Å². The molecule has 0 saturated heterocycles. The summed E-state index contributed by atoms with van der Waals surface area (Å²) in [7, 11) is 0. The molecular weight excluding hydrogens is 263 g/mol. The number of nitrogens with one attached hydrogen (secondary N) is 2. The number of hydrogen-bond donors (Lipinski definition) is 2. The van der Waals surface area contributed by atoms with Gasteiger partial charge in [0.05, 0.1) is 0 Å². The number of ketones is 1. The predicted molar refractivity (Wildman–Crippen MR) is 68.8 cm³/mol. The minimum atomic E-state index is -0.399. The van der Waals surface area contributed by atoms with Crippen LogP contribution in [-0.4, -0.2) is 18.4 Å². The maximum Gasteiger partial charge on any atom is 0.319 e. The van der Waals surface area contributed by atoms with Crippen molar-refractivity contribution in [1.82, 2.24) is 5.32 Å². The molecular formula is C11H12Cl2N2O2. The maximum atomic E-state index is 11.4. The third-order valence-corrected chi connectivity index (χ3v) is 2.32. The summed E-state index contributed by atoms with van der Waals surface area (Å²) in [5.74, 6) is 0.0242. The summed E-state index contributed by atoms with van der Waals surface area (Å²) in [4.78, 5) is 22.1. The smallest absolute Gasteiger partial charge is 0.319 e. The van der Waals surface area contributed by atoms with Crippen LogP contribution in [0.15, 0.2) is 18.2 Å². The zero-order valence-electron chi connectivity index (χ0n) is 9.22. The van der Waals surface area contributed by atoms with Crippen molar-refractivity contribution in [2.45, 2.75) is 13.3 Å². The molecule has 92 valence electrons. The van der Waals surface area contributed by atoms with Gasteiger partial charge in [-0.15, -0.1) is 0 Å². The molecule has 2 amide bonds. The lowest BCUT2D eigenvalue weighted by Crippen LogP contribution is -2.30. The highest BCUT2D eigenvalue weighted by Crippen LogP contribution is 2.22. The lowest BCUT2D eigenvalue weighted by Gasteiger charge is -2.07. The summed E-state index contributed by atoms with van der Waals surface area (Å²) in [5, 5.41) is 5.99. The number of rotatable bonds is 4. The average Bonchev–Trinajstić information content (AvgIpc) is 2.14.